The molecule has 3 aromatic rings. The Morgan fingerprint density at radius 3 is 2.11 bits per heavy atom. The van der Waals surface area contributed by atoms with Crippen molar-refractivity contribution in [3.63, 3.8) is 0 Å². The van der Waals surface area contributed by atoms with Gasteiger partial charge in [0.25, 0.3) is 5.91 Å². The minimum absolute atomic E-state index is 0.0224. The fraction of sp³-hybridized carbons (Fsp3) is 0.208. The van der Waals surface area contributed by atoms with Gasteiger partial charge in [0.15, 0.2) is 0 Å². The molecule has 1 amide bonds. The first kappa shape index (κ1) is 19.5. The third kappa shape index (κ3) is 4.71. The molecule has 0 aromatic heterocycles. The van der Waals surface area contributed by atoms with Crippen molar-refractivity contribution in [2.75, 3.05) is 11.1 Å². The molecular formula is C24H27N3O. The molecule has 0 spiro atoms. The molecule has 0 bridgehead atoms. The molecule has 144 valence electrons. The van der Waals surface area contributed by atoms with E-state index in [0.29, 0.717) is 11.3 Å². The standard InChI is InChI=1S/C24H27N3O/c1-3-22(19-12-8-5-9-13-19)27-24(28)20-14-15-23(21(25)16-20)26-17(2)18-10-6-4-7-11-18/h4-17,22,26H,3,25H2,1-2H3,(H,27,28)/t17-,22?/m1/s1. The van der Waals surface area contributed by atoms with Crippen molar-refractivity contribution in [3.8, 4) is 0 Å². The Labute approximate surface area is 166 Å². The highest BCUT2D eigenvalue weighted by Crippen LogP contribution is 2.26. The Hall–Kier alpha value is -3.27. The maximum Gasteiger partial charge on any atom is 0.251 e. The van der Waals surface area contributed by atoms with Crippen molar-refractivity contribution >= 4 is 17.3 Å². The summed E-state index contributed by atoms with van der Waals surface area (Å²) >= 11 is 0. The summed E-state index contributed by atoms with van der Waals surface area (Å²) in [7, 11) is 0. The Balaban J connectivity index is 1.70. The number of rotatable bonds is 7. The van der Waals surface area contributed by atoms with Gasteiger partial charge in [-0.05, 0) is 42.7 Å². The summed E-state index contributed by atoms with van der Waals surface area (Å²) in [4.78, 5) is 12.7. The topological polar surface area (TPSA) is 67.2 Å². The number of hydrogen-bond acceptors (Lipinski definition) is 3. The molecule has 0 saturated heterocycles. The zero-order valence-corrected chi connectivity index (χ0v) is 16.4. The lowest BCUT2D eigenvalue weighted by Crippen LogP contribution is -2.28. The first-order valence-electron chi connectivity index (χ1n) is 9.65. The molecule has 4 heteroatoms. The highest BCUT2D eigenvalue weighted by atomic mass is 16.1. The van der Waals surface area contributed by atoms with Gasteiger partial charge in [-0.1, -0.05) is 67.6 Å². The van der Waals surface area contributed by atoms with Gasteiger partial charge < -0.3 is 16.4 Å². The molecule has 1 unspecified atom stereocenters. The maximum atomic E-state index is 12.7. The molecule has 0 aliphatic heterocycles. The summed E-state index contributed by atoms with van der Waals surface area (Å²) in [6.07, 6.45) is 0.819. The van der Waals surface area contributed by atoms with E-state index in [0.717, 1.165) is 17.7 Å². The van der Waals surface area contributed by atoms with Crippen LogP contribution < -0.4 is 16.4 Å². The van der Waals surface area contributed by atoms with Crippen LogP contribution in [-0.2, 0) is 0 Å². The molecule has 28 heavy (non-hydrogen) atoms. The zero-order valence-electron chi connectivity index (χ0n) is 16.4. The van der Waals surface area contributed by atoms with Crippen LogP contribution >= 0.6 is 0 Å². The first-order valence-corrected chi connectivity index (χ1v) is 9.65. The third-order valence-electron chi connectivity index (χ3n) is 4.90. The molecular weight excluding hydrogens is 346 g/mol. The molecule has 4 nitrogen and oxygen atoms in total. The van der Waals surface area contributed by atoms with E-state index in [-0.39, 0.29) is 18.0 Å². The Kier molecular flexibility index (Phi) is 6.33. The molecule has 0 heterocycles. The van der Waals surface area contributed by atoms with Crippen molar-refractivity contribution in [2.24, 2.45) is 0 Å². The SMILES string of the molecule is CCC(NC(=O)c1ccc(N[C@H](C)c2ccccc2)c(N)c1)c1ccccc1. The van der Waals surface area contributed by atoms with Crippen LogP contribution in [0.25, 0.3) is 0 Å². The second-order valence-electron chi connectivity index (χ2n) is 6.92. The maximum absolute atomic E-state index is 12.7. The molecule has 0 aliphatic carbocycles. The molecule has 4 N–H and O–H groups in total. The Bertz CT molecular complexity index is 910. The largest absolute Gasteiger partial charge is 0.397 e. The Morgan fingerprint density at radius 2 is 1.54 bits per heavy atom. The molecule has 2 atom stereocenters. The van der Waals surface area contributed by atoms with Gasteiger partial charge in [-0.25, -0.2) is 0 Å². The van der Waals surface area contributed by atoms with Crippen LogP contribution in [0.3, 0.4) is 0 Å². The van der Waals surface area contributed by atoms with E-state index in [9.17, 15) is 4.79 Å². The fourth-order valence-electron chi connectivity index (χ4n) is 3.24. The predicted molar refractivity (Wildman–Crippen MR) is 116 cm³/mol. The molecule has 0 radical (unpaired) electrons. The monoisotopic (exact) mass is 373 g/mol. The minimum Gasteiger partial charge on any atom is -0.397 e. The number of nitrogens with two attached hydrogens (primary N) is 1. The summed E-state index contributed by atoms with van der Waals surface area (Å²) in [5.74, 6) is -0.120. The number of nitrogen functional groups attached to an aromatic ring is 1. The number of carbonyl (C=O) groups is 1. The Morgan fingerprint density at radius 1 is 0.929 bits per heavy atom. The average Bonchev–Trinajstić information content (AvgIpc) is 2.74. The van der Waals surface area contributed by atoms with Crippen LogP contribution in [-0.4, -0.2) is 5.91 Å². The van der Waals surface area contributed by atoms with Crippen LogP contribution in [0.5, 0.6) is 0 Å². The number of carbonyl (C=O) groups excluding carboxylic acids is 1. The first-order chi connectivity index (χ1) is 13.6. The van der Waals surface area contributed by atoms with E-state index >= 15 is 0 Å². The minimum atomic E-state index is -0.120. The quantitative estimate of drug-likeness (QED) is 0.491. The summed E-state index contributed by atoms with van der Waals surface area (Å²) in [6, 6.07) is 25.7. The molecule has 3 rings (SSSR count). The highest BCUT2D eigenvalue weighted by Gasteiger charge is 2.15. The molecule has 0 aliphatic rings. The van der Waals surface area contributed by atoms with Gasteiger partial charge in [0.05, 0.1) is 17.4 Å². The van der Waals surface area contributed by atoms with Crippen molar-refractivity contribution in [3.05, 3.63) is 95.6 Å². The number of amides is 1. The lowest BCUT2D eigenvalue weighted by Gasteiger charge is -2.19. The normalized spacial score (nSPS) is 12.8. The number of anilines is 2. The smallest absolute Gasteiger partial charge is 0.251 e. The highest BCUT2D eigenvalue weighted by molar-refractivity contribution is 5.96. The zero-order chi connectivity index (χ0) is 19.9. The van der Waals surface area contributed by atoms with Gasteiger partial charge in [-0.3, -0.25) is 4.79 Å². The summed E-state index contributed by atoms with van der Waals surface area (Å²) in [5.41, 5.74) is 10.4. The van der Waals surface area contributed by atoms with E-state index in [1.54, 1.807) is 6.07 Å². The van der Waals surface area contributed by atoms with E-state index in [4.69, 9.17) is 5.73 Å². The van der Waals surface area contributed by atoms with Crippen LogP contribution in [0.15, 0.2) is 78.9 Å². The molecule has 3 aromatic carbocycles. The number of hydrogen-bond donors (Lipinski definition) is 3. The summed E-state index contributed by atoms with van der Waals surface area (Å²) < 4.78 is 0. The van der Waals surface area contributed by atoms with Crippen LogP contribution in [0.4, 0.5) is 11.4 Å². The van der Waals surface area contributed by atoms with Crippen molar-refractivity contribution < 1.29 is 4.79 Å². The van der Waals surface area contributed by atoms with Gasteiger partial charge in [-0.2, -0.15) is 0 Å². The number of benzene rings is 3. The second-order valence-corrected chi connectivity index (χ2v) is 6.92. The van der Waals surface area contributed by atoms with Crippen molar-refractivity contribution in [1.29, 1.82) is 0 Å². The van der Waals surface area contributed by atoms with Crippen molar-refractivity contribution in [1.82, 2.24) is 5.32 Å². The van der Waals surface area contributed by atoms with E-state index in [1.807, 2.05) is 60.7 Å². The fourth-order valence-corrected chi connectivity index (χ4v) is 3.24. The lowest BCUT2D eigenvalue weighted by atomic mass is 10.0. The van der Waals surface area contributed by atoms with Gasteiger partial charge in [0.1, 0.15) is 0 Å². The van der Waals surface area contributed by atoms with Crippen molar-refractivity contribution in [2.45, 2.75) is 32.4 Å². The lowest BCUT2D eigenvalue weighted by molar-refractivity contribution is 0.0935. The van der Waals surface area contributed by atoms with Crippen LogP contribution in [0.2, 0.25) is 0 Å². The summed E-state index contributed by atoms with van der Waals surface area (Å²) in [6.45, 7) is 4.14. The predicted octanol–water partition coefficient (Wildman–Crippen LogP) is 5.32. The van der Waals surface area contributed by atoms with Gasteiger partial charge in [-0.15, -0.1) is 0 Å². The van der Waals surface area contributed by atoms with E-state index < -0.39 is 0 Å². The average molecular weight is 374 g/mol. The van der Waals surface area contributed by atoms with E-state index in [1.165, 1.54) is 5.56 Å². The van der Waals surface area contributed by atoms with Gasteiger partial charge in [0.2, 0.25) is 0 Å². The third-order valence-corrected chi connectivity index (χ3v) is 4.90. The second kappa shape index (κ2) is 9.09. The van der Waals surface area contributed by atoms with Crippen LogP contribution in [0.1, 0.15) is 53.8 Å². The summed E-state index contributed by atoms with van der Waals surface area (Å²) in [5, 5.41) is 6.51. The molecule has 0 fully saturated rings. The van der Waals surface area contributed by atoms with Gasteiger partial charge >= 0.3 is 0 Å². The molecule has 0 saturated carbocycles. The number of nitrogens with one attached hydrogen (secondary N) is 2. The van der Waals surface area contributed by atoms with Gasteiger partial charge in [0, 0.05) is 11.6 Å². The van der Waals surface area contributed by atoms with Crippen LogP contribution in [0, 0.1) is 0 Å². The van der Waals surface area contributed by atoms with E-state index in [2.05, 4.69) is 36.6 Å².